The summed E-state index contributed by atoms with van der Waals surface area (Å²) in [5.41, 5.74) is 1.27. The zero-order valence-electron chi connectivity index (χ0n) is 18.9. The van der Waals surface area contributed by atoms with Gasteiger partial charge in [-0.3, -0.25) is 9.52 Å². The highest BCUT2D eigenvalue weighted by Crippen LogP contribution is 2.32. The van der Waals surface area contributed by atoms with Crippen LogP contribution in [-0.2, 0) is 16.2 Å². The number of rotatable bonds is 5. The first-order chi connectivity index (χ1) is 16.5. The summed E-state index contributed by atoms with van der Waals surface area (Å²) in [7, 11) is -3.81. The molecular formula is C25H24F3N3O3S. The minimum absolute atomic E-state index is 0.116. The number of aryl methyl sites for hydroxylation is 1. The van der Waals surface area contributed by atoms with Crippen LogP contribution in [0.15, 0.2) is 77.7 Å². The molecule has 1 aliphatic heterocycles. The van der Waals surface area contributed by atoms with Gasteiger partial charge in [0.05, 0.1) is 10.5 Å². The van der Waals surface area contributed by atoms with Gasteiger partial charge in [-0.05, 0) is 55.5 Å². The molecule has 0 unspecified atom stereocenters. The lowest BCUT2D eigenvalue weighted by atomic mass is 10.1. The second-order valence-electron chi connectivity index (χ2n) is 8.33. The average Bonchev–Trinajstić information content (AvgIpc) is 2.83. The summed E-state index contributed by atoms with van der Waals surface area (Å²) in [5.74, 6) is -0.273. The van der Waals surface area contributed by atoms with E-state index in [0.29, 0.717) is 37.4 Å². The molecule has 6 nitrogen and oxygen atoms in total. The number of amides is 1. The van der Waals surface area contributed by atoms with Crippen molar-refractivity contribution in [2.75, 3.05) is 35.8 Å². The molecule has 1 N–H and O–H groups in total. The predicted molar refractivity (Wildman–Crippen MR) is 128 cm³/mol. The Hall–Kier alpha value is -3.53. The first kappa shape index (κ1) is 24.6. The Morgan fingerprint density at radius 1 is 0.886 bits per heavy atom. The van der Waals surface area contributed by atoms with Gasteiger partial charge in [0.1, 0.15) is 0 Å². The zero-order valence-corrected chi connectivity index (χ0v) is 19.7. The number of nitrogens with one attached hydrogen (secondary N) is 1. The first-order valence-electron chi connectivity index (χ1n) is 10.9. The normalized spacial score (nSPS) is 14.6. The van der Waals surface area contributed by atoms with Gasteiger partial charge >= 0.3 is 6.18 Å². The molecule has 0 bridgehead atoms. The van der Waals surface area contributed by atoms with E-state index in [1.54, 1.807) is 41.3 Å². The van der Waals surface area contributed by atoms with Gasteiger partial charge in [0.25, 0.3) is 15.9 Å². The van der Waals surface area contributed by atoms with E-state index in [-0.39, 0.29) is 16.5 Å². The van der Waals surface area contributed by atoms with Gasteiger partial charge in [-0.2, -0.15) is 13.2 Å². The Morgan fingerprint density at radius 2 is 1.54 bits per heavy atom. The number of carbonyl (C=O) groups is 1. The van der Waals surface area contributed by atoms with E-state index in [1.165, 1.54) is 24.3 Å². The Kier molecular flexibility index (Phi) is 6.75. The molecule has 4 rings (SSSR count). The quantitative estimate of drug-likeness (QED) is 0.544. The van der Waals surface area contributed by atoms with Gasteiger partial charge in [-0.1, -0.05) is 29.8 Å². The molecule has 1 aliphatic rings. The minimum atomic E-state index is -4.42. The zero-order chi connectivity index (χ0) is 25.2. The molecule has 0 saturated carbocycles. The standard InChI is InChI=1S/C25H24F3N3O3S/c1-18-8-10-23(11-9-18)35(33,34)29-21-6-2-4-19(16-21)24(32)31-14-12-30(13-15-31)22-7-3-5-20(17-22)25(26,27)28/h2-11,16-17,29H,12-15H2,1H3. The van der Waals surface area contributed by atoms with Gasteiger partial charge in [0, 0.05) is 43.1 Å². The number of alkyl halides is 3. The van der Waals surface area contributed by atoms with E-state index in [1.807, 2.05) is 11.8 Å². The van der Waals surface area contributed by atoms with Crippen molar-refractivity contribution in [3.8, 4) is 0 Å². The van der Waals surface area contributed by atoms with Gasteiger partial charge < -0.3 is 9.80 Å². The van der Waals surface area contributed by atoms with Crippen LogP contribution in [-0.4, -0.2) is 45.4 Å². The first-order valence-corrected chi connectivity index (χ1v) is 12.4. The highest BCUT2D eigenvalue weighted by molar-refractivity contribution is 7.92. The summed E-state index contributed by atoms with van der Waals surface area (Å²) in [6.45, 7) is 3.28. The van der Waals surface area contributed by atoms with Crippen LogP contribution in [0.25, 0.3) is 0 Å². The van der Waals surface area contributed by atoms with Crippen LogP contribution in [0.4, 0.5) is 24.5 Å². The molecule has 1 fully saturated rings. The number of piperazine rings is 1. The number of nitrogens with zero attached hydrogens (tertiary/aromatic N) is 2. The summed E-state index contributed by atoms with van der Waals surface area (Å²) in [4.78, 5) is 16.6. The summed E-state index contributed by atoms with van der Waals surface area (Å²) >= 11 is 0. The van der Waals surface area contributed by atoms with Crippen LogP contribution >= 0.6 is 0 Å². The predicted octanol–water partition coefficient (Wildman–Crippen LogP) is 4.78. The smallest absolute Gasteiger partial charge is 0.368 e. The van der Waals surface area contributed by atoms with Crippen LogP contribution in [0.3, 0.4) is 0 Å². The van der Waals surface area contributed by atoms with Crippen molar-refractivity contribution < 1.29 is 26.4 Å². The number of halogens is 3. The average molecular weight is 504 g/mol. The van der Waals surface area contributed by atoms with Crippen molar-refractivity contribution >= 4 is 27.3 Å². The third-order valence-electron chi connectivity index (χ3n) is 5.80. The van der Waals surface area contributed by atoms with Crippen molar-refractivity contribution in [3.63, 3.8) is 0 Å². The molecule has 1 saturated heterocycles. The third kappa shape index (κ3) is 5.76. The van der Waals surface area contributed by atoms with Crippen molar-refractivity contribution in [1.82, 2.24) is 4.90 Å². The van der Waals surface area contributed by atoms with Crippen LogP contribution in [0.1, 0.15) is 21.5 Å². The molecule has 1 heterocycles. The molecule has 35 heavy (non-hydrogen) atoms. The molecule has 0 aromatic heterocycles. The SMILES string of the molecule is Cc1ccc(S(=O)(=O)Nc2cccc(C(=O)N3CCN(c4cccc(C(F)(F)F)c4)CC3)c2)cc1. The van der Waals surface area contributed by atoms with Gasteiger partial charge in [0.2, 0.25) is 0 Å². The van der Waals surface area contributed by atoms with Crippen molar-refractivity contribution in [2.24, 2.45) is 0 Å². The molecule has 10 heteroatoms. The topological polar surface area (TPSA) is 69.7 Å². The second kappa shape index (κ2) is 9.61. The largest absolute Gasteiger partial charge is 0.416 e. The third-order valence-corrected chi connectivity index (χ3v) is 7.20. The van der Waals surface area contributed by atoms with Crippen LogP contribution < -0.4 is 9.62 Å². The molecule has 184 valence electrons. The van der Waals surface area contributed by atoms with E-state index in [2.05, 4.69) is 4.72 Å². The molecule has 0 spiro atoms. The van der Waals surface area contributed by atoms with Crippen LogP contribution in [0.5, 0.6) is 0 Å². The lowest BCUT2D eigenvalue weighted by molar-refractivity contribution is -0.137. The minimum Gasteiger partial charge on any atom is -0.368 e. The number of anilines is 2. The number of hydrogen-bond donors (Lipinski definition) is 1. The lowest BCUT2D eigenvalue weighted by Crippen LogP contribution is -2.48. The summed E-state index contributed by atoms with van der Waals surface area (Å²) in [6, 6.07) is 17.8. The fourth-order valence-electron chi connectivity index (χ4n) is 3.88. The van der Waals surface area contributed by atoms with Crippen molar-refractivity contribution in [2.45, 2.75) is 18.0 Å². The summed E-state index contributed by atoms with van der Waals surface area (Å²) in [5, 5.41) is 0. The maximum absolute atomic E-state index is 13.0. The molecule has 3 aromatic carbocycles. The number of carbonyl (C=O) groups excluding carboxylic acids is 1. The number of hydrogen-bond acceptors (Lipinski definition) is 4. The maximum atomic E-state index is 13.0. The highest BCUT2D eigenvalue weighted by atomic mass is 32.2. The van der Waals surface area contributed by atoms with Gasteiger partial charge in [-0.25, -0.2) is 8.42 Å². The van der Waals surface area contributed by atoms with Crippen molar-refractivity contribution in [3.05, 3.63) is 89.5 Å². The molecule has 0 radical (unpaired) electrons. The summed E-state index contributed by atoms with van der Waals surface area (Å²) in [6.07, 6.45) is -4.42. The maximum Gasteiger partial charge on any atom is 0.416 e. The Balaban J connectivity index is 1.42. The Labute approximate surface area is 202 Å². The van der Waals surface area contributed by atoms with Crippen LogP contribution in [0.2, 0.25) is 0 Å². The molecule has 0 aliphatic carbocycles. The van der Waals surface area contributed by atoms with E-state index in [9.17, 15) is 26.4 Å². The molecular weight excluding hydrogens is 479 g/mol. The van der Waals surface area contributed by atoms with Gasteiger partial charge in [0.15, 0.2) is 0 Å². The van der Waals surface area contributed by atoms with E-state index < -0.39 is 21.8 Å². The molecule has 1 amide bonds. The molecule has 3 aromatic rings. The monoisotopic (exact) mass is 503 g/mol. The fourth-order valence-corrected chi connectivity index (χ4v) is 4.93. The van der Waals surface area contributed by atoms with Gasteiger partial charge in [-0.15, -0.1) is 0 Å². The Bertz CT molecular complexity index is 1320. The highest BCUT2D eigenvalue weighted by Gasteiger charge is 2.31. The second-order valence-corrected chi connectivity index (χ2v) is 10.0. The fraction of sp³-hybridized carbons (Fsp3) is 0.240. The van der Waals surface area contributed by atoms with Crippen molar-refractivity contribution in [1.29, 1.82) is 0 Å². The van der Waals surface area contributed by atoms with E-state index in [4.69, 9.17) is 0 Å². The number of sulfonamides is 1. The van der Waals surface area contributed by atoms with E-state index >= 15 is 0 Å². The summed E-state index contributed by atoms with van der Waals surface area (Å²) < 4.78 is 66.9. The van der Waals surface area contributed by atoms with E-state index in [0.717, 1.165) is 17.7 Å². The van der Waals surface area contributed by atoms with Crippen LogP contribution in [0, 0.1) is 6.92 Å². The lowest BCUT2D eigenvalue weighted by Gasteiger charge is -2.36. The number of benzene rings is 3. The molecule has 0 atom stereocenters. The Morgan fingerprint density at radius 3 is 2.20 bits per heavy atom.